The second-order valence-electron chi connectivity index (χ2n) is 8.75. The summed E-state index contributed by atoms with van der Waals surface area (Å²) in [6.45, 7) is 0.591. The average molecular weight is 566 g/mol. The number of carbonyl (C=O) groups excluding carboxylic acids is 2. The molecule has 2 heterocycles. The summed E-state index contributed by atoms with van der Waals surface area (Å²) in [6.07, 6.45) is 1.85. The van der Waals surface area contributed by atoms with E-state index in [-0.39, 0.29) is 28.8 Å². The number of nitrogens with one attached hydrogen (secondary N) is 1. The molecular formula is C28H25ClFN5O3S. The summed E-state index contributed by atoms with van der Waals surface area (Å²) in [5, 5.41) is 11.7. The third kappa shape index (κ3) is 5.62. The molecule has 0 radical (unpaired) electrons. The molecular weight excluding hydrogens is 541 g/mol. The van der Waals surface area contributed by atoms with Crippen LogP contribution in [0.15, 0.2) is 71.9 Å². The molecule has 0 saturated heterocycles. The van der Waals surface area contributed by atoms with Crippen LogP contribution in [0.25, 0.3) is 5.69 Å². The molecule has 0 fully saturated rings. The minimum absolute atomic E-state index is 0.00717. The van der Waals surface area contributed by atoms with Crippen LogP contribution in [0.4, 0.5) is 10.1 Å². The predicted octanol–water partition coefficient (Wildman–Crippen LogP) is 5.07. The van der Waals surface area contributed by atoms with E-state index in [0.717, 1.165) is 24.1 Å². The molecule has 2 amide bonds. The van der Waals surface area contributed by atoms with Crippen molar-refractivity contribution in [3.63, 3.8) is 0 Å². The van der Waals surface area contributed by atoms with Crippen LogP contribution in [0.3, 0.4) is 0 Å². The van der Waals surface area contributed by atoms with Crippen molar-refractivity contribution in [1.82, 2.24) is 20.1 Å². The Morgan fingerprint density at radius 2 is 1.82 bits per heavy atom. The third-order valence-electron chi connectivity index (χ3n) is 6.36. The molecule has 5 rings (SSSR count). The van der Waals surface area contributed by atoms with Gasteiger partial charge < -0.3 is 15.0 Å². The Balaban J connectivity index is 1.40. The number of nitrogens with zero attached hydrogens (tertiary/aromatic N) is 4. The molecule has 0 bridgehead atoms. The number of halogens is 2. The lowest BCUT2D eigenvalue weighted by Crippen LogP contribution is -2.36. The number of carbonyl (C=O) groups is 2. The van der Waals surface area contributed by atoms with E-state index in [1.54, 1.807) is 17.7 Å². The van der Waals surface area contributed by atoms with Crippen molar-refractivity contribution in [2.24, 2.45) is 0 Å². The van der Waals surface area contributed by atoms with Crippen molar-refractivity contribution in [3.8, 4) is 11.4 Å². The molecule has 4 aromatic rings. The molecule has 3 aromatic carbocycles. The molecule has 0 spiro atoms. The maximum absolute atomic E-state index is 14.3. The van der Waals surface area contributed by atoms with E-state index < -0.39 is 11.7 Å². The SMILES string of the molecule is COc1ccccc1-n1c(CNC(=O)c2c(F)cccc2Cl)nnc1SCC(=O)N1CCCc2ccccc21. The Morgan fingerprint density at radius 3 is 2.62 bits per heavy atom. The molecule has 1 aliphatic heterocycles. The van der Waals surface area contributed by atoms with Crippen molar-refractivity contribution in [2.75, 3.05) is 24.3 Å². The monoisotopic (exact) mass is 565 g/mol. The number of anilines is 1. The molecule has 8 nitrogen and oxygen atoms in total. The van der Waals surface area contributed by atoms with Crippen LogP contribution in [0.1, 0.15) is 28.2 Å². The standard InChI is InChI=1S/C28H25ClFN5O3S/c1-38-23-14-5-4-13-22(23)35-24(16-31-27(37)26-19(29)10-6-11-20(26)30)32-33-28(35)39-17-25(36)34-15-7-9-18-8-2-3-12-21(18)34/h2-6,8,10-14H,7,9,15-17H2,1H3,(H,31,37). The number of ether oxygens (including phenoxy) is 1. The summed E-state index contributed by atoms with van der Waals surface area (Å²) in [7, 11) is 1.55. The molecule has 0 aliphatic carbocycles. The maximum atomic E-state index is 14.3. The number of amides is 2. The zero-order chi connectivity index (χ0) is 27.4. The van der Waals surface area contributed by atoms with Crippen LogP contribution in [0.5, 0.6) is 5.75 Å². The number of fused-ring (bicyclic) bond motifs is 1. The minimum Gasteiger partial charge on any atom is -0.495 e. The number of hydrogen-bond acceptors (Lipinski definition) is 6. The van der Waals surface area contributed by atoms with Gasteiger partial charge in [0.25, 0.3) is 5.91 Å². The molecule has 1 N–H and O–H groups in total. The number of benzene rings is 3. The van der Waals surface area contributed by atoms with Crippen molar-refractivity contribution >= 4 is 40.9 Å². The van der Waals surface area contributed by atoms with Gasteiger partial charge in [0.1, 0.15) is 11.6 Å². The Morgan fingerprint density at radius 1 is 1.05 bits per heavy atom. The van der Waals surface area contributed by atoms with Gasteiger partial charge in [0, 0.05) is 12.2 Å². The summed E-state index contributed by atoms with van der Waals surface area (Å²) in [6, 6.07) is 19.3. The van der Waals surface area contributed by atoms with E-state index >= 15 is 0 Å². The first kappa shape index (κ1) is 26.7. The number of rotatable bonds is 8. The molecule has 11 heteroatoms. The molecule has 200 valence electrons. The lowest BCUT2D eigenvalue weighted by molar-refractivity contribution is -0.116. The predicted molar refractivity (Wildman–Crippen MR) is 148 cm³/mol. The summed E-state index contributed by atoms with van der Waals surface area (Å²) >= 11 is 7.30. The molecule has 1 aliphatic rings. The van der Waals surface area contributed by atoms with Crippen LogP contribution >= 0.6 is 23.4 Å². The molecule has 39 heavy (non-hydrogen) atoms. The lowest BCUT2D eigenvalue weighted by Gasteiger charge is -2.29. The maximum Gasteiger partial charge on any atom is 0.256 e. The van der Waals surface area contributed by atoms with Gasteiger partial charge in [0.15, 0.2) is 11.0 Å². The van der Waals surface area contributed by atoms with Crippen LogP contribution in [0, 0.1) is 5.82 Å². The fourth-order valence-electron chi connectivity index (χ4n) is 4.52. The van der Waals surface area contributed by atoms with Gasteiger partial charge in [-0.05, 0) is 48.7 Å². The van der Waals surface area contributed by atoms with Crippen molar-refractivity contribution < 1.29 is 18.7 Å². The van der Waals surface area contributed by atoms with Gasteiger partial charge in [-0.15, -0.1) is 10.2 Å². The van der Waals surface area contributed by atoms with Gasteiger partial charge >= 0.3 is 0 Å². The fourth-order valence-corrected chi connectivity index (χ4v) is 5.61. The normalized spacial score (nSPS) is 12.6. The van der Waals surface area contributed by atoms with E-state index in [4.69, 9.17) is 16.3 Å². The Kier molecular flexibility index (Phi) is 8.13. The molecule has 1 aromatic heterocycles. The number of hydrogen-bond donors (Lipinski definition) is 1. The van der Waals surface area contributed by atoms with Gasteiger partial charge in [-0.2, -0.15) is 0 Å². The first-order valence-electron chi connectivity index (χ1n) is 12.3. The summed E-state index contributed by atoms with van der Waals surface area (Å²) in [5.74, 6) is -0.371. The summed E-state index contributed by atoms with van der Waals surface area (Å²) in [5.41, 5.74) is 2.49. The second kappa shape index (κ2) is 11.9. The molecule has 0 saturated carbocycles. The van der Waals surface area contributed by atoms with Gasteiger partial charge in [-0.3, -0.25) is 14.2 Å². The van der Waals surface area contributed by atoms with Crippen molar-refractivity contribution in [3.05, 3.63) is 94.5 Å². The third-order valence-corrected chi connectivity index (χ3v) is 7.59. The zero-order valence-corrected chi connectivity index (χ0v) is 22.6. The van der Waals surface area contributed by atoms with Crippen LogP contribution in [-0.2, 0) is 17.8 Å². The number of aryl methyl sites for hydroxylation is 1. The fraction of sp³-hybridized carbons (Fsp3) is 0.214. The van der Waals surface area contributed by atoms with Gasteiger partial charge in [0.05, 0.1) is 35.7 Å². The number of methoxy groups -OCH3 is 1. The highest BCUT2D eigenvalue weighted by Crippen LogP contribution is 2.31. The highest BCUT2D eigenvalue weighted by Gasteiger charge is 2.25. The van der Waals surface area contributed by atoms with Crippen LogP contribution in [0.2, 0.25) is 5.02 Å². The summed E-state index contributed by atoms with van der Waals surface area (Å²) < 4.78 is 21.5. The van der Waals surface area contributed by atoms with E-state index in [9.17, 15) is 14.0 Å². The van der Waals surface area contributed by atoms with E-state index in [1.165, 1.54) is 30.0 Å². The Labute approximate surface area is 234 Å². The van der Waals surface area contributed by atoms with Gasteiger partial charge in [0.2, 0.25) is 5.91 Å². The number of thioether (sulfide) groups is 1. The average Bonchev–Trinajstić information content (AvgIpc) is 3.36. The highest BCUT2D eigenvalue weighted by molar-refractivity contribution is 7.99. The van der Waals surface area contributed by atoms with Gasteiger partial charge in [-0.1, -0.05) is 59.8 Å². The smallest absolute Gasteiger partial charge is 0.256 e. The lowest BCUT2D eigenvalue weighted by atomic mass is 10.0. The van der Waals surface area contributed by atoms with Crippen molar-refractivity contribution in [2.45, 2.75) is 24.5 Å². The van der Waals surface area contributed by atoms with E-state index in [0.29, 0.717) is 29.0 Å². The Hall–Kier alpha value is -3.89. The first-order chi connectivity index (χ1) is 19.0. The minimum atomic E-state index is -0.722. The number of aromatic nitrogens is 3. The highest BCUT2D eigenvalue weighted by atomic mass is 35.5. The quantitative estimate of drug-likeness (QED) is 0.300. The second-order valence-corrected chi connectivity index (χ2v) is 10.1. The van der Waals surface area contributed by atoms with Crippen molar-refractivity contribution in [1.29, 1.82) is 0 Å². The first-order valence-corrected chi connectivity index (χ1v) is 13.6. The van der Waals surface area contributed by atoms with E-state index in [1.807, 2.05) is 41.3 Å². The van der Waals surface area contributed by atoms with E-state index in [2.05, 4.69) is 21.6 Å². The molecule has 0 atom stereocenters. The number of para-hydroxylation sites is 3. The zero-order valence-electron chi connectivity index (χ0n) is 21.1. The molecule has 0 unspecified atom stereocenters. The topological polar surface area (TPSA) is 89.3 Å². The van der Waals surface area contributed by atoms with Crippen LogP contribution < -0.4 is 15.0 Å². The van der Waals surface area contributed by atoms with Gasteiger partial charge in [-0.25, -0.2) is 4.39 Å². The van der Waals surface area contributed by atoms with Crippen LogP contribution in [-0.4, -0.2) is 46.0 Å². The Bertz CT molecular complexity index is 1510. The summed E-state index contributed by atoms with van der Waals surface area (Å²) in [4.78, 5) is 27.8. The largest absolute Gasteiger partial charge is 0.495 e.